The van der Waals surface area contributed by atoms with Crippen LogP contribution in [0.25, 0.3) is 0 Å². The van der Waals surface area contributed by atoms with Crippen molar-refractivity contribution in [1.29, 1.82) is 0 Å². The van der Waals surface area contributed by atoms with Gasteiger partial charge in [-0.05, 0) is 46.5 Å². The van der Waals surface area contributed by atoms with E-state index in [1.165, 1.54) is 19.3 Å². The lowest BCUT2D eigenvalue weighted by Crippen LogP contribution is -2.68. The van der Waals surface area contributed by atoms with E-state index >= 15 is 0 Å². The third-order valence-corrected chi connectivity index (χ3v) is 5.06. The van der Waals surface area contributed by atoms with Gasteiger partial charge in [0.2, 0.25) is 0 Å². The van der Waals surface area contributed by atoms with Crippen LogP contribution in [0.15, 0.2) is 4.99 Å². The Hall–Kier alpha value is -0.770. The van der Waals surface area contributed by atoms with Crippen molar-refractivity contribution in [1.82, 2.24) is 10.6 Å². The Balaban J connectivity index is 1.93. The second kappa shape index (κ2) is 6.79. The Kier molecular flexibility index (Phi) is 5.30. The van der Waals surface area contributed by atoms with E-state index in [0.717, 1.165) is 32.0 Å². The molecule has 3 unspecified atom stereocenters. The molecule has 1 spiro atoms. The fourth-order valence-electron chi connectivity index (χ4n) is 3.43. The number of hydrogen-bond acceptors (Lipinski definition) is 2. The summed E-state index contributed by atoms with van der Waals surface area (Å²) in [5, 5.41) is 7.16. The molecular weight excluding hydrogens is 250 g/mol. The number of ether oxygens (including phenoxy) is 1. The average Bonchev–Trinajstić information content (AvgIpc) is 2.35. The third kappa shape index (κ3) is 2.95. The van der Waals surface area contributed by atoms with Crippen LogP contribution >= 0.6 is 0 Å². The summed E-state index contributed by atoms with van der Waals surface area (Å²) in [6.45, 7) is 10.2. The topological polar surface area (TPSA) is 45.7 Å². The van der Waals surface area contributed by atoms with E-state index in [0.29, 0.717) is 23.6 Å². The lowest BCUT2D eigenvalue weighted by Gasteiger charge is -2.61. The van der Waals surface area contributed by atoms with Gasteiger partial charge in [0, 0.05) is 30.7 Å². The predicted octanol–water partition coefficient (Wildman–Crippen LogP) is 2.69. The molecule has 116 valence electrons. The fourth-order valence-corrected chi connectivity index (χ4v) is 3.43. The summed E-state index contributed by atoms with van der Waals surface area (Å²) in [5.41, 5.74) is 0.391. The molecule has 4 nitrogen and oxygen atoms in total. The number of hydrogen-bond donors (Lipinski definition) is 2. The highest BCUT2D eigenvalue weighted by atomic mass is 16.5. The maximum absolute atomic E-state index is 5.91. The Bertz CT molecular complexity index is 339. The Labute approximate surface area is 123 Å². The fraction of sp³-hybridized carbons (Fsp3) is 0.938. The second-order valence-electron chi connectivity index (χ2n) is 6.24. The molecule has 0 saturated heterocycles. The van der Waals surface area contributed by atoms with Crippen LogP contribution in [0.5, 0.6) is 0 Å². The molecule has 0 aliphatic heterocycles. The van der Waals surface area contributed by atoms with Crippen molar-refractivity contribution in [2.45, 2.75) is 78.0 Å². The van der Waals surface area contributed by atoms with Gasteiger partial charge in [-0.2, -0.15) is 0 Å². The molecule has 4 heteroatoms. The van der Waals surface area contributed by atoms with Crippen molar-refractivity contribution in [2.24, 2.45) is 10.4 Å². The van der Waals surface area contributed by atoms with Gasteiger partial charge in [-0.3, -0.25) is 4.99 Å². The summed E-state index contributed by atoms with van der Waals surface area (Å²) in [4.78, 5) is 4.58. The van der Waals surface area contributed by atoms with Gasteiger partial charge in [0.05, 0.1) is 6.10 Å². The molecule has 0 radical (unpaired) electrons. The van der Waals surface area contributed by atoms with Crippen molar-refractivity contribution < 1.29 is 4.74 Å². The van der Waals surface area contributed by atoms with E-state index in [2.05, 4.69) is 43.3 Å². The van der Waals surface area contributed by atoms with Crippen molar-refractivity contribution in [3.63, 3.8) is 0 Å². The largest absolute Gasteiger partial charge is 0.378 e. The SMILES string of the molecule is CCN=C(NC(C)CC)NC1CC(OCC)C12CCC2. The van der Waals surface area contributed by atoms with E-state index in [9.17, 15) is 0 Å². The number of rotatable bonds is 6. The predicted molar refractivity (Wildman–Crippen MR) is 84.1 cm³/mol. The van der Waals surface area contributed by atoms with E-state index in [1.54, 1.807) is 0 Å². The van der Waals surface area contributed by atoms with Crippen LogP contribution < -0.4 is 10.6 Å². The van der Waals surface area contributed by atoms with Gasteiger partial charge in [0.25, 0.3) is 0 Å². The monoisotopic (exact) mass is 281 g/mol. The van der Waals surface area contributed by atoms with E-state index in [-0.39, 0.29) is 0 Å². The highest BCUT2D eigenvalue weighted by Crippen LogP contribution is 2.57. The molecule has 2 aliphatic carbocycles. The minimum atomic E-state index is 0.391. The summed E-state index contributed by atoms with van der Waals surface area (Å²) in [5.74, 6) is 0.980. The summed E-state index contributed by atoms with van der Waals surface area (Å²) in [6, 6.07) is 1.00. The lowest BCUT2D eigenvalue weighted by atomic mass is 9.51. The number of guanidine groups is 1. The second-order valence-corrected chi connectivity index (χ2v) is 6.24. The van der Waals surface area contributed by atoms with Crippen molar-refractivity contribution in [3.8, 4) is 0 Å². The molecule has 20 heavy (non-hydrogen) atoms. The lowest BCUT2D eigenvalue weighted by molar-refractivity contribution is -0.168. The van der Waals surface area contributed by atoms with Gasteiger partial charge in [0.1, 0.15) is 0 Å². The standard InChI is InChI=1S/C16H31N3O/c1-5-12(4)18-15(17-6-2)19-13-11-14(20-7-3)16(13)9-8-10-16/h12-14H,5-11H2,1-4H3,(H2,17,18,19). The van der Waals surface area contributed by atoms with Gasteiger partial charge in [0.15, 0.2) is 5.96 Å². The highest BCUT2D eigenvalue weighted by molar-refractivity contribution is 5.80. The quantitative estimate of drug-likeness (QED) is 0.581. The molecule has 0 heterocycles. The van der Waals surface area contributed by atoms with E-state index in [4.69, 9.17) is 4.74 Å². The summed E-state index contributed by atoms with van der Waals surface area (Å²) >= 11 is 0. The molecule has 2 N–H and O–H groups in total. The smallest absolute Gasteiger partial charge is 0.191 e. The van der Waals surface area contributed by atoms with Gasteiger partial charge < -0.3 is 15.4 Å². The van der Waals surface area contributed by atoms with Crippen LogP contribution in [0.4, 0.5) is 0 Å². The Morgan fingerprint density at radius 3 is 2.60 bits per heavy atom. The maximum Gasteiger partial charge on any atom is 0.191 e. The highest BCUT2D eigenvalue weighted by Gasteiger charge is 2.59. The van der Waals surface area contributed by atoms with Crippen LogP contribution in [-0.4, -0.2) is 37.3 Å². The molecular formula is C16H31N3O. The molecule has 2 saturated carbocycles. The van der Waals surface area contributed by atoms with Gasteiger partial charge in [-0.25, -0.2) is 0 Å². The summed E-state index contributed by atoms with van der Waals surface area (Å²) in [6.07, 6.45) is 6.66. The zero-order valence-electron chi connectivity index (χ0n) is 13.5. The summed E-state index contributed by atoms with van der Waals surface area (Å²) < 4.78 is 5.91. The maximum atomic E-state index is 5.91. The molecule has 0 aromatic rings. The first-order valence-electron chi connectivity index (χ1n) is 8.35. The molecule has 0 bridgehead atoms. The first kappa shape index (κ1) is 15.6. The number of nitrogens with zero attached hydrogens (tertiary/aromatic N) is 1. The molecule has 2 fully saturated rings. The molecule has 2 aliphatic rings. The molecule has 0 aromatic carbocycles. The number of nitrogens with one attached hydrogen (secondary N) is 2. The summed E-state index contributed by atoms with van der Waals surface area (Å²) in [7, 11) is 0. The minimum absolute atomic E-state index is 0.391. The van der Waals surface area contributed by atoms with Crippen molar-refractivity contribution in [3.05, 3.63) is 0 Å². The molecule has 0 amide bonds. The minimum Gasteiger partial charge on any atom is -0.378 e. The van der Waals surface area contributed by atoms with Crippen LogP contribution in [-0.2, 0) is 4.74 Å². The molecule has 3 atom stereocenters. The number of aliphatic imine (C=N–C) groups is 1. The van der Waals surface area contributed by atoms with Crippen LogP contribution in [0.1, 0.15) is 59.8 Å². The first-order chi connectivity index (χ1) is 9.66. The Morgan fingerprint density at radius 1 is 1.35 bits per heavy atom. The third-order valence-electron chi connectivity index (χ3n) is 5.06. The zero-order chi connectivity index (χ0) is 14.6. The van der Waals surface area contributed by atoms with Crippen LogP contribution in [0.2, 0.25) is 0 Å². The van der Waals surface area contributed by atoms with Gasteiger partial charge in [-0.15, -0.1) is 0 Å². The molecule has 0 aromatic heterocycles. The first-order valence-corrected chi connectivity index (χ1v) is 8.35. The molecule has 2 rings (SSSR count). The van der Waals surface area contributed by atoms with E-state index < -0.39 is 0 Å². The van der Waals surface area contributed by atoms with Crippen LogP contribution in [0.3, 0.4) is 0 Å². The van der Waals surface area contributed by atoms with Gasteiger partial charge in [-0.1, -0.05) is 13.3 Å². The Morgan fingerprint density at radius 2 is 2.10 bits per heavy atom. The van der Waals surface area contributed by atoms with Crippen molar-refractivity contribution in [2.75, 3.05) is 13.2 Å². The van der Waals surface area contributed by atoms with Crippen molar-refractivity contribution >= 4 is 5.96 Å². The average molecular weight is 281 g/mol. The van der Waals surface area contributed by atoms with E-state index in [1.807, 2.05) is 0 Å². The normalized spacial score (nSPS) is 29.5. The van der Waals surface area contributed by atoms with Gasteiger partial charge >= 0.3 is 0 Å². The van der Waals surface area contributed by atoms with Crippen LogP contribution in [0, 0.1) is 5.41 Å². The zero-order valence-corrected chi connectivity index (χ0v) is 13.5.